The zero-order valence-corrected chi connectivity index (χ0v) is 13.3. The van der Waals surface area contributed by atoms with Crippen LogP contribution in [-0.2, 0) is 14.3 Å². The average Bonchev–Trinajstić information content (AvgIpc) is 2.79. The minimum absolute atomic E-state index is 0.0708. The quantitative estimate of drug-likeness (QED) is 0.584. The highest BCUT2D eigenvalue weighted by atomic mass is 16.5. The molecule has 0 unspecified atom stereocenters. The molecule has 0 N–H and O–H groups in total. The predicted octanol–water partition coefficient (Wildman–Crippen LogP) is 3.73. The summed E-state index contributed by atoms with van der Waals surface area (Å²) < 4.78 is 11.0. The maximum absolute atomic E-state index is 12.8. The number of allylic oxidation sites excluding steroid dienone is 1. The van der Waals surface area contributed by atoms with E-state index in [4.69, 9.17) is 9.47 Å². The Bertz CT molecular complexity index is 403. The Kier molecular flexibility index (Phi) is 4.29. The molecule has 0 heterocycles. The van der Waals surface area contributed by atoms with Crippen molar-refractivity contribution in [3.8, 4) is 0 Å². The van der Waals surface area contributed by atoms with Crippen LogP contribution in [0.4, 0.5) is 0 Å². The molecule has 0 bridgehead atoms. The number of carbonyl (C=O) groups excluding carboxylic acids is 1. The van der Waals surface area contributed by atoms with Crippen molar-refractivity contribution in [1.82, 2.24) is 0 Å². The van der Waals surface area contributed by atoms with Crippen molar-refractivity contribution < 1.29 is 14.3 Å². The molecule has 4 atom stereocenters. The molecule has 2 rings (SSSR count). The first-order valence-corrected chi connectivity index (χ1v) is 7.72. The van der Waals surface area contributed by atoms with Gasteiger partial charge in [-0.15, -0.1) is 0 Å². The van der Waals surface area contributed by atoms with E-state index in [1.807, 2.05) is 0 Å². The summed E-state index contributed by atoms with van der Waals surface area (Å²) >= 11 is 0. The number of rotatable bonds is 3. The molecule has 3 heteroatoms. The molecule has 0 aromatic rings. The van der Waals surface area contributed by atoms with Crippen molar-refractivity contribution in [2.75, 3.05) is 14.2 Å². The molecule has 0 amide bonds. The monoisotopic (exact) mass is 280 g/mol. The summed E-state index contributed by atoms with van der Waals surface area (Å²) in [6.07, 6.45) is 5.89. The Hall–Kier alpha value is -0.830. The summed E-state index contributed by atoms with van der Waals surface area (Å²) in [6.45, 7) is 8.70. The van der Waals surface area contributed by atoms with Crippen molar-refractivity contribution in [1.29, 1.82) is 0 Å². The third-order valence-corrected chi connectivity index (χ3v) is 5.95. The van der Waals surface area contributed by atoms with E-state index in [2.05, 4.69) is 20.4 Å². The summed E-state index contributed by atoms with van der Waals surface area (Å²) in [6, 6.07) is 0. The third kappa shape index (κ3) is 2.02. The Morgan fingerprint density at radius 2 is 2.05 bits per heavy atom. The van der Waals surface area contributed by atoms with Gasteiger partial charge in [0.25, 0.3) is 0 Å². The van der Waals surface area contributed by atoms with Gasteiger partial charge in [0.1, 0.15) is 5.41 Å². The number of carbonyl (C=O) groups is 1. The predicted molar refractivity (Wildman–Crippen MR) is 79.4 cm³/mol. The van der Waals surface area contributed by atoms with E-state index < -0.39 is 5.41 Å². The Labute approximate surface area is 122 Å². The summed E-state index contributed by atoms with van der Waals surface area (Å²) in [4.78, 5) is 12.8. The third-order valence-electron chi connectivity index (χ3n) is 5.95. The number of hydrogen-bond acceptors (Lipinski definition) is 3. The second-order valence-electron chi connectivity index (χ2n) is 6.86. The largest absolute Gasteiger partial charge is 0.468 e. The second kappa shape index (κ2) is 5.51. The van der Waals surface area contributed by atoms with Gasteiger partial charge in [-0.05, 0) is 44.4 Å². The molecule has 2 aliphatic carbocycles. The molecule has 0 aromatic heterocycles. The van der Waals surface area contributed by atoms with Gasteiger partial charge in [-0.25, -0.2) is 0 Å². The lowest BCUT2D eigenvalue weighted by Crippen LogP contribution is -2.57. The van der Waals surface area contributed by atoms with Gasteiger partial charge in [0.05, 0.1) is 13.2 Å². The second-order valence-corrected chi connectivity index (χ2v) is 6.86. The Morgan fingerprint density at radius 1 is 1.35 bits per heavy atom. The van der Waals surface area contributed by atoms with Gasteiger partial charge in [0.2, 0.25) is 0 Å². The minimum Gasteiger partial charge on any atom is -0.468 e. The van der Waals surface area contributed by atoms with Crippen LogP contribution < -0.4 is 0 Å². The zero-order valence-electron chi connectivity index (χ0n) is 13.3. The minimum atomic E-state index is -0.559. The normalized spacial score (nSPS) is 41.7. The van der Waals surface area contributed by atoms with Crippen molar-refractivity contribution >= 4 is 5.97 Å². The maximum atomic E-state index is 12.8. The highest BCUT2D eigenvalue weighted by Crippen LogP contribution is 2.61. The summed E-state index contributed by atoms with van der Waals surface area (Å²) in [5, 5.41) is 0. The van der Waals surface area contributed by atoms with Crippen molar-refractivity contribution in [3.05, 3.63) is 12.2 Å². The van der Waals surface area contributed by atoms with Crippen LogP contribution in [0.2, 0.25) is 0 Å². The fraction of sp³-hybridized carbons (Fsp3) is 0.824. The van der Waals surface area contributed by atoms with Crippen LogP contribution in [-0.4, -0.2) is 26.3 Å². The highest BCUT2D eigenvalue weighted by Gasteiger charge is 2.62. The number of ether oxygens (including phenoxy) is 2. The summed E-state index contributed by atoms with van der Waals surface area (Å²) in [7, 11) is 3.22. The van der Waals surface area contributed by atoms with Crippen LogP contribution >= 0.6 is 0 Å². The number of methoxy groups -OCH3 is 2. The van der Waals surface area contributed by atoms with E-state index >= 15 is 0 Å². The molecule has 2 aliphatic rings. The maximum Gasteiger partial charge on any atom is 0.315 e. The first-order valence-electron chi connectivity index (χ1n) is 7.72. The molecular weight excluding hydrogens is 252 g/mol. The van der Waals surface area contributed by atoms with Gasteiger partial charge in [-0.3, -0.25) is 4.79 Å². The van der Waals surface area contributed by atoms with Crippen LogP contribution in [0.15, 0.2) is 12.2 Å². The first-order chi connectivity index (χ1) is 9.42. The van der Waals surface area contributed by atoms with E-state index in [1.165, 1.54) is 12.7 Å². The molecule has 0 spiro atoms. The lowest BCUT2D eigenvalue weighted by atomic mass is 9.53. The molecule has 2 fully saturated rings. The molecule has 114 valence electrons. The molecule has 0 aliphatic heterocycles. The summed E-state index contributed by atoms with van der Waals surface area (Å²) in [5.74, 6) is 0.484. The zero-order chi connectivity index (χ0) is 15.0. The van der Waals surface area contributed by atoms with Crippen LogP contribution in [0.1, 0.15) is 52.4 Å². The molecule has 0 saturated heterocycles. The number of esters is 1. The molecule has 0 aromatic carbocycles. The smallest absolute Gasteiger partial charge is 0.315 e. The molecule has 2 saturated carbocycles. The molecule has 3 nitrogen and oxygen atoms in total. The first kappa shape index (κ1) is 15.6. The van der Waals surface area contributed by atoms with Gasteiger partial charge in [-0.2, -0.15) is 0 Å². The van der Waals surface area contributed by atoms with Gasteiger partial charge in [0, 0.05) is 12.5 Å². The molecule has 0 radical (unpaired) electrons. The van der Waals surface area contributed by atoms with Gasteiger partial charge < -0.3 is 9.47 Å². The van der Waals surface area contributed by atoms with Crippen LogP contribution in [0.5, 0.6) is 0 Å². The van der Waals surface area contributed by atoms with Gasteiger partial charge in [-0.1, -0.05) is 26.0 Å². The Balaban J connectivity index is 2.50. The van der Waals surface area contributed by atoms with Crippen LogP contribution in [0, 0.1) is 16.7 Å². The molecule has 20 heavy (non-hydrogen) atoms. The van der Waals surface area contributed by atoms with E-state index in [1.54, 1.807) is 7.11 Å². The van der Waals surface area contributed by atoms with Crippen molar-refractivity contribution in [2.24, 2.45) is 16.7 Å². The van der Waals surface area contributed by atoms with E-state index in [9.17, 15) is 4.79 Å². The number of hydrogen-bond donors (Lipinski definition) is 0. The van der Waals surface area contributed by atoms with E-state index in [0.29, 0.717) is 5.92 Å². The van der Waals surface area contributed by atoms with Crippen LogP contribution in [0.25, 0.3) is 0 Å². The van der Waals surface area contributed by atoms with Crippen LogP contribution in [0.3, 0.4) is 0 Å². The lowest BCUT2D eigenvalue weighted by Gasteiger charge is -2.52. The molecular formula is C17H28O3. The van der Waals surface area contributed by atoms with Gasteiger partial charge in [0.15, 0.2) is 0 Å². The van der Waals surface area contributed by atoms with E-state index in [-0.39, 0.29) is 17.5 Å². The standard InChI is InChI=1S/C17H28O3/c1-12-8-10-17(15(18)20-5,14(11-12)19-4)16(3)9-6-7-13(16)2/h12,14H,2,6-11H2,1,3-5H3/t12-,14-,16-,17+/m0/s1. The summed E-state index contributed by atoms with van der Waals surface area (Å²) in [5.41, 5.74) is 0.442. The Morgan fingerprint density at radius 3 is 2.55 bits per heavy atom. The van der Waals surface area contributed by atoms with Crippen molar-refractivity contribution in [3.63, 3.8) is 0 Å². The average molecular weight is 280 g/mol. The SMILES string of the molecule is C=C1CCC[C@]1(C)[C@]1(C(=O)OC)CC[C@H](C)C[C@@H]1OC. The topological polar surface area (TPSA) is 35.5 Å². The van der Waals surface area contributed by atoms with Crippen molar-refractivity contribution in [2.45, 2.75) is 58.5 Å². The fourth-order valence-electron chi connectivity index (χ4n) is 4.54. The van der Waals surface area contributed by atoms with Gasteiger partial charge >= 0.3 is 5.97 Å². The highest BCUT2D eigenvalue weighted by molar-refractivity contribution is 5.80. The lowest BCUT2D eigenvalue weighted by molar-refractivity contribution is -0.183. The fourth-order valence-corrected chi connectivity index (χ4v) is 4.54. The van der Waals surface area contributed by atoms with E-state index in [0.717, 1.165) is 38.5 Å².